The zero-order valence-corrected chi connectivity index (χ0v) is 13.2. The van der Waals surface area contributed by atoms with Gasteiger partial charge < -0.3 is 10.1 Å². The Morgan fingerprint density at radius 1 is 1.11 bits per heavy atom. The minimum Gasteiger partial charge on any atom is -0.383 e. The minimum atomic E-state index is 0.670. The lowest BCUT2D eigenvalue weighted by atomic mass is 10.2. The molecule has 1 N–H and O–H groups in total. The number of methoxy groups -OCH3 is 1. The van der Waals surface area contributed by atoms with Gasteiger partial charge in [0.25, 0.3) is 0 Å². The first-order chi connectivity index (χ1) is 8.61. The molecule has 0 aromatic rings. The van der Waals surface area contributed by atoms with Crippen molar-refractivity contribution in [2.45, 2.75) is 53.0 Å². The second-order valence-corrected chi connectivity index (χ2v) is 5.59. The SMILES string of the molecule is CCC(C)N(CCCCNCC(C)C)CCOC. The van der Waals surface area contributed by atoms with Gasteiger partial charge in [0, 0.05) is 19.7 Å². The quantitative estimate of drug-likeness (QED) is 0.545. The fourth-order valence-electron chi connectivity index (χ4n) is 1.97. The zero-order valence-electron chi connectivity index (χ0n) is 13.2. The van der Waals surface area contributed by atoms with Gasteiger partial charge in [-0.05, 0) is 51.7 Å². The van der Waals surface area contributed by atoms with Crippen LogP contribution in [0.3, 0.4) is 0 Å². The Balaban J connectivity index is 3.62. The number of hydrogen-bond donors (Lipinski definition) is 1. The summed E-state index contributed by atoms with van der Waals surface area (Å²) in [5, 5.41) is 3.50. The molecule has 0 aromatic carbocycles. The molecule has 110 valence electrons. The summed E-state index contributed by atoms with van der Waals surface area (Å²) in [6, 6.07) is 0.670. The highest BCUT2D eigenvalue weighted by Crippen LogP contribution is 2.05. The van der Waals surface area contributed by atoms with E-state index in [9.17, 15) is 0 Å². The Morgan fingerprint density at radius 2 is 1.83 bits per heavy atom. The van der Waals surface area contributed by atoms with Gasteiger partial charge in [-0.25, -0.2) is 0 Å². The van der Waals surface area contributed by atoms with Crippen LogP contribution in [0.25, 0.3) is 0 Å². The van der Waals surface area contributed by atoms with E-state index in [0.717, 1.165) is 32.2 Å². The number of nitrogens with zero attached hydrogens (tertiary/aromatic N) is 1. The molecular weight excluding hydrogens is 224 g/mol. The summed E-state index contributed by atoms with van der Waals surface area (Å²) >= 11 is 0. The van der Waals surface area contributed by atoms with Gasteiger partial charge in [-0.1, -0.05) is 20.8 Å². The Morgan fingerprint density at radius 3 is 2.39 bits per heavy atom. The highest BCUT2D eigenvalue weighted by Gasteiger charge is 2.10. The van der Waals surface area contributed by atoms with Crippen molar-refractivity contribution in [3.63, 3.8) is 0 Å². The lowest BCUT2D eigenvalue weighted by molar-refractivity contribution is 0.121. The molecular formula is C15H34N2O. The molecule has 0 aliphatic rings. The molecule has 0 fully saturated rings. The number of hydrogen-bond acceptors (Lipinski definition) is 3. The van der Waals surface area contributed by atoms with Crippen molar-refractivity contribution in [3.05, 3.63) is 0 Å². The fraction of sp³-hybridized carbons (Fsp3) is 1.00. The first-order valence-electron chi connectivity index (χ1n) is 7.55. The van der Waals surface area contributed by atoms with E-state index in [1.54, 1.807) is 7.11 Å². The largest absolute Gasteiger partial charge is 0.383 e. The predicted molar refractivity (Wildman–Crippen MR) is 80.1 cm³/mol. The third-order valence-electron chi connectivity index (χ3n) is 3.40. The summed E-state index contributed by atoms with van der Waals surface area (Å²) in [6.07, 6.45) is 3.76. The van der Waals surface area contributed by atoms with Crippen molar-refractivity contribution >= 4 is 0 Å². The fourth-order valence-corrected chi connectivity index (χ4v) is 1.97. The molecule has 0 aliphatic carbocycles. The van der Waals surface area contributed by atoms with Crippen LogP contribution in [0.2, 0.25) is 0 Å². The van der Waals surface area contributed by atoms with Gasteiger partial charge >= 0.3 is 0 Å². The molecule has 1 atom stereocenters. The molecule has 0 amide bonds. The molecule has 0 aliphatic heterocycles. The Labute approximate surface area is 114 Å². The van der Waals surface area contributed by atoms with E-state index in [2.05, 4.69) is 37.9 Å². The monoisotopic (exact) mass is 258 g/mol. The average molecular weight is 258 g/mol. The van der Waals surface area contributed by atoms with Crippen LogP contribution in [-0.2, 0) is 4.74 Å². The van der Waals surface area contributed by atoms with E-state index >= 15 is 0 Å². The van der Waals surface area contributed by atoms with E-state index in [0.29, 0.717) is 6.04 Å². The minimum absolute atomic E-state index is 0.670. The third kappa shape index (κ3) is 9.86. The van der Waals surface area contributed by atoms with Crippen molar-refractivity contribution in [2.75, 3.05) is 39.9 Å². The predicted octanol–water partition coefficient (Wildman–Crippen LogP) is 2.76. The maximum Gasteiger partial charge on any atom is 0.0589 e. The molecule has 0 rings (SSSR count). The average Bonchev–Trinajstić information content (AvgIpc) is 2.35. The molecule has 3 heteroatoms. The maximum atomic E-state index is 5.18. The molecule has 0 heterocycles. The topological polar surface area (TPSA) is 24.5 Å². The molecule has 0 aromatic heterocycles. The van der Waals surface area contributed by atoms with E-state index < -0.39 is 0 Å². The normalized spacial score (nSPS) is 13.5. The zero-order chi connectivity index (χ0) is 13.8. The van der Waals surface area contributed by atoms with Gasteiger partial charge in [0.05, 0.1) is 6.61 Å². The van der Waals surface area contributed by atoms with Crippen molar-refractivity contribution in [1.82, 2.24) is 10.2 Å². The molecule has 1 unspecified atom stereocenters. The van der Waals surface area contributed by atoms with E-state index in [4.69, 9.17) is 4.74 Å². The third-order valence-corrected chi connectivity index (χ3v) is 3.40. The van der Waals surface area contributed by atoms with E-state index in [-0.39, 0.29) is 0 Å². The van der Waals surface area contributed by atoms with Gasteiger partial charge in [0.2, 0.25) is 0 Å². The van der Waals surface area contributed by atoms with Gasteiger partial charge in [-0.3, -0.25) is 4.90 Å². The summed E-state index contributed by atoms with van der Waals surface area (Å²) < 4.78 is 5.18. The first kappa shape index (κ1) is 17.9. The standard InChI is InChI=1S/C15H34N2O/c1-6-15(4)17(11-12-18-5)10-8-7-9-16-13-14(2)3/h14-16H,6-13H2,1-5H3. The number of nitrogens with one attached hydrogen (secondary N) is 1. The van der Waals surface area contributed by atoms with Crippen LogP contribution in [0.5, 0.6) is 0 Å². The van der Waals surface area contributed by atoms with Gasteiger partial charge in [0.1, 0.15) is 0 Å². The lowest BCUT2D eigenvalue weighted by Crippen LogP contribution is -2.36. The van der Waals surface area contributed by atoms with Crippen LogP contribution in [0.15, 0.2) is 0 Å². The summed E-state index contributed by atoms with van der Waals surface area (Å²) in [6.45, 7) is 14.5. The molecule has 0 spiro atoms. The molecule has 3 nitrogen and oxygen atoms in total. The van der Waals surface area contributed by atoms with Crippen molar-refractivity contribution in [1.29, 1.82) is 0 Å². The van der Waals surface area contributed by atoms with Gasteiger partial charge in [0.15, 0.2) is 0 Å². The Bertz CT molecular complexity index is 174. The van der Waals surface area contributed by atoms with E-state index in [1.807, 2.05) is 0 Å². The summed E-state index contributed by atoms with van der Waals surface area (Å²) in [5.41, 5.74) is 0. The summed E-state index contributed by atoms with van der Waals surface area (Å²) in [7, 11) is 1.78. The van der Waals surface area contributed by atoms with Crippen molar-refractivity contribution in [3.8, 4) is 0 Å². The van der Waals surface area contributed by atoms with Crippen molar-refractivity contribution in [2.24, 2.45) is 5.92 Å². The highest BCUT2D eigenvalue weighted by molar-refractivity contribution is 4.66. The Kier molecular flexibility index (Phi) is 11.9. The van der Waals surface area contributed by atoms with Crippen LogP contribution in [0, 0.1) is 5.92 Å². The summed E-state index contributed by atoms with van der Waals surface area (Å²) in [5.74, 6) is 0.753. The molecule has 0 bridgehead atoms. The van der Waals surface area contributed by atoms with Crippen LogP contribution in [-0.4, -0.2) is 50.8 Å². The smallest absolute Gasteiger partial charge is 0.0589 e. The molecule has 0 saturated heterocycles. The van der Waals surface area contributed by atoms with Crippen molar-refractivity contribution < 1.29 is 4.74 Å². The maximum absolute atomic E-state index is 5.18. The second-order valence-electron chi connectivity index (χ2n) is 5.59. The van der Waals surface area contributed by atoms with Gasteiger partial charge in [-0.2, -0.15) is 0 Å². The summed E-state index contributed by atoms with van der Waals surface area (Å²) in [4.78, 5) is 2.55. The van der Waals surface area contributed by atoms with Crippen LogP contribution in [0.4, 0.5) is 0 Å². The van der Waals surface area contributed by atoms with Crippen LogP contribution < -0.4 is 5.32 Å². The van der Waals surface area contributed by atoms with Crippen LogP contribution in [0.1, 0.15) is 47.0 Å². The van der Waals surface area contributed by atoms with Gasteiger partial charge in [-0.15, -0.1) is 0 Å². The van der Waals surface area contributed by atoms with Crippen LogP contribution >= 0.6 is 0 Å². The first-order valence-corrected chi connectivity index (χ1v) is 7.55. The number of ether oxygens (including phenoxy) is 1. The lowest BCUT2D eigenvalue weighted by Gasteiger charge is -2.28. The number of rotatable bonds is 12. The highest BCUT2D eigenvalue weighted by atomic mass is 16.5. The molecule has 18 heavy (non-hydrogen) atoms. The van der Waals surface area contributed by atoms with E-state index in [1.165, 1.54) is 25.8 Å². The second kappa shape index (κ2) is 11.9. The molecule has 0 saturated carbocycles. The molecule has 0 radical (unpaired) electrons. The Hall–Kier alpha value is -0.120. The number of unbranched alkanes of at least 4 members (excludes halogenated alkanes) is 1.